The van der Waals surface area contributed by atoms with Gasteiger partial charge in [-0.05, 0) is 37.6 Å². The molecule has 4 heterocycles. The molecule has 5 rings (SSSR count). The third kappa shape index (κ3) is 4.13. The number of unbranched alkanes of at least 4 members (excludes halogenated alkanes) is 1. The van der Waals surface area contributed by atoms with E-state index in [1.165, 1.54) is 21.4 Å². The summed E-state index contributed by atoms with van der Waals surface area (Å²) < 4.78 is 1.21. The fourth-order valence-corrected chi connectivity index (χ4v) is 4.94. The maximum atomic E-state index is 12.3. The van der Waals surface area contributed by atoms with Crippen LogP contribution in [0.3, 0.4) is 0 Å². The Balaban J connectivity index is 1.11. The van der Waals surface area contributed by atoms with Crippen LogP contribution in [-0.4, -0.2) is 52.3 Å². The van der Waals surface area contributed by atoms with E-state index >= 15 is 0 Å². The lowest BCUT2D eigenvalue weighted by Crippen LogP contribution is -2.46. The molecule has 0 atom stereocenters. The zero-order valence-electron chi connectivity index (χ0n) is 17.4. The number of fused-ring (bicyclic) bond motifs is 2. The Labute approximate surface area is 184 Å². The van der Waals surface area contributed by atoms with Crippen LogP contribution in [0.2, 0.25) is 0 Å². The summed E-state index contributed by atoms with van der Waals surface area (Å²) in [7, 11) is 0. The number of hydrogen-bond donors (Lipinski definition) is 1. The van der Waals surface area contributed by atoms with Gasteiger partial charge >= 0.3 is 0 Å². The zero-order valence-corrected chi connectivity index (χ0v) is 18.2. The summed E-state index contributed by atoms with van der Waals surface area (Å²) in [6.07, 6.45) is 2.75. The fraction of sp³-hybridized carbons (Fsp3) is 0.348. The van der Waals surface area contributed by atoms with Crippen molar-refractivity contribution in [1.82, 2.24) is 19.5 Å². The quantitative estimate of drug-likeness (QED) is 0.371. The van der Waals surface area contributed by atoms with E-state index in [1.807, 2.05) is 22.9 Å². The summed E-state index contributed by atoms with van der Waals surface area (Å²) in [5, 5.41) is 5.50. The highest BCUT2D eigenvalue weighted by molar-refractivity contribution is 7.09. The Hall–Kier alpha value is -2.97. The van der Waals surface area contributed by atoms with Crippen molar-refractivity contribution in [3.05, 3.63) is 63.3 Å². The lowest BCUT2D eigenvalue weighted by atomic mass is 10.2. The van der Waals surface area contributed by atoms with E-state index in [4.69, 9.17) is 10.8 Å². The molecule has 4 aromatic rings. The second-order valence-electron chi connectivity index (χ2n) is 8.02. The van der Waals surface area contributed by atoms with Crippen molar-refractivity contribution in [1.29, 1.82) is 0 Å². The minimum atomic E-state index is -0.153. The van der Waals surface area contributed by atoms with Gasteiger partial charge in [-0.2, -0.15) is 0 Å². The Morgan fingerprint density at radius 1 is 0.935 bits per heavy atom. The highest BCUT2D eigenvalue weighted by atomic mass is 32.1. The molecule has 1 aliphatic rings. The minimum absolute atomic E-state index is 0.153. The molecular weight excluding hydrogens is 408 g/mol. The van der Waals surface area contributed by atoms with Crippen LogP contribution in [0.25, 0.3) is 21.8 Å². The Bertz CT molecular complexity index is 1260. The average Bonchev–Trinajstić information content (AvgIpc) is 3.28. The van der Waals surface area contributed by atoms with Gasteiger partial charge < -0.3 is 10.7 Å². The number of nitrogens with zero attached hydrogens (tertiary/aromatic N) is 5. The van der Waals surface area contributed by atoms with Crippen molar-refractivity contribution < 1.29 is 0 Å². The van der Waals surface area contributed by atoms with Gasteiger partial charge in [0.2, 0.25) is 0 Å². The molecule has 3 aromatic heterocycles. The number of para-hydroxylation sites is 1. The number of aryl methyl sites for hydroxylation is 1. The van der Waals surface area contributed by atoms with Crippen LogP contribution < -0.4 is 16.3 Å². The molecule has 1 fully saturated rings. The van der Waals surface area contributed by atoms with Gasteiger partial charge in [0.05, 0.1) is 16.4 Å². The second-order valence-corrected chi connectivity index (χ2v) is 8.77. The number of aromatic nitrogens is 3. The number of nitrogens with two attached hydrogens (primary N) is 1. The first-order valence-electron chi connectivity index (χ1n) is 10.7. The van der Waals surface area contributed by atoms with Crippen molar-refractivity contribution in [2.45, 2.75) is 19.3 Å². The number of anilines is 1. The van der Waals surface area contributed by atoms with Crippen LogP contribution in [-0.2, 0) is 6.42 Å². The van der Waals surface area contributed by atoms with E-state index in [0.29, 0.717) is 11.2 Å². The Morgan fingerprint density at radius 3 is 2.65 bits per heavy atom. The van der Waals surface area contributed by atoms with Gasteiger partial charge in [-0.1, -0.05) is 18.2 Å². The standard InChI is InChI=1S/C23H26N6OS/c24-29-22(26-20-16-31-15-18(20)23(29)30)7-3-4-10-27-11-13-28(14-12-27)21-9-8-17-5-1-2-6-19(17)25-21/h1-2,5-6,8-9,15-16H,3-4,7,10-14,24H2. The first kappa shape index (κ1) is 20.0. The van der Waals surface area contributed by atoms with E-state index < -0.39 is 0 Å². The van der Waals surface area contributed by atoms with Gasteiger partial charge in [-0.25, -0.2) is 14.6 Å². The highest BCUT2D eigenvalue weighted by Gasteiger charge is 2.18. The van der Waals surface area contributed by atoms with Gasteiger partial charge in [-0.3, -0.25) is 9.69 Å². The third-order valence-corrected chi connectivity index (χ3v) is 6.75. The molecule has 0 unspecified atom stereocenters. The van der Waals surface area contributed by atoms with Crippen LogP contribution >= 0.6 is 11.3 Å². The highest BCUT2D eigenvalue weighted by Crippen LogP contribution is 2.19. The number of thiophene rings is 1. The predicted molar refractivity (Wildman–Crippen MR) is 127 cm³/mol. The number of nitrogen functional groups attached to an aromatic ring is 1. The predicted octanol–water partition coefficient (Wildman–Crippen LogP) is 2.86. The van der Waals surface area contributed by atoms with Gasteiger partial charge in [0.25, 0.3) is 5.56 Å². The Morgan fingerprint density at radius 2 is 1.77 bits per heavy atom. The van der Waals surface area contributed by atoms with E-state index in [9.17, 15) is 4.79 Å². The maximum Gasteiger partial charge on any atom is 0.280 e. The average molecular weight is 435 g/mol. The molecule has 1 aromatic carbocycles. The molecule has 0 saturated carbocycles. The number of rotatable bonds is 6. The van der Waals surface area contributed by atoms with Gasteiger partial charge in [0, 0.05) is 48.7 Å². The van der Waals surface area contributed by atoms with E-state index in [-0.39, 0.29) is 5.56 Å². The van der Waals surface area contributed by atoms with Crippen LogP contribution in [0.15, 0.2) is 52.0 Å². The largest absolute Gasteiger partial charge is 0.354 e. The molecule has 31 heavy (non-hydrogen) atoms. The van der Waals surface area contributed by atoms with Crippen molar-refractivity contribution in [2.24, 2.45) is 0 Å². The second kappa shape index (κ2) is 8.64. The summed E-state index contributed by atoms with van der Waals surface area (Å²) >= 11 is 1.48. The molecule has 7 nitrogen and oxygen atoms in total. The molecule has 0 aliphatic carbocycles. The number of pyridine rings is 1. The molecule has 1 saturated heterocycles. The monoisotopic (exact) mass is 434 g/mol. The number of benzene rings is 1. The van der Waals surface area contributed by atoms with Crippen LogP contribution in [0.1, 0.15) is 18.7 Å². The summed E-state index contributed by atoms with van der Waals surface area (Å²) in [6.45, 7) is 5.10. The lowest BCUT2D eigenvalue weighted by Gasteiger charge is -2.35. The molecule has 2 N–H and O–H groups in total. The first-order valence-corrected chi connectivity index (χ1v) is 11.7. The molecule has 160 valence electrons. The maximum absolute atomic E-state index is 12.3. The van der Waals surface area contributed by atoms with Crippen molar-refractivity contribution in [3.63, 3.8) is 0 Å². The van der Waals surface area contributed by atoms with Gasteiger partial charge in [0.15, 0.2) is 0 Å². The molecular formula is C23H26N6OS. The lowest BCUT2D eigenvalue weighted by molar-refractivity contribution is 0.252. The van der Waals surface area contributed by atoms with Crippen molar-refractivity contribution in [3.8, 4) is 0 Å². The third-order valence-electron chi connectivity index (χ3n) is 6.02. The fourth-order valence-electron chi connectivity index (χ4n) is 4.20. The van der Waals surface area contributed by atoms with E-state index in [2.05, 4.69) is 39.0 Å². The number of piperazine rings is 1. The van der Waals surface area contributed by atoms with Crippen LogP contribution in [0.5, 0.6) is 0 Å². The summed E-state index contributed by atoms with van der Waals surface area (Å²) in [5.41, 5.74) is 1.65. The van der Waals surface area contributed by atoms with E-state index in [0.717, 1.165) is 68.8 Å². The molecule has 0 radical (unpaired) electrons. The molecule has 0 amide bonds. The van der Waals surface area contributed by atoms with Crippen molar-refractivity contribution in [2.75, 3.05) is 43.5 Å². The molecule has 0 spiro atoms. The first-order chi connectivity index (χ1) is 15.2. The molecule has 1 aliphatic heterocycles. The van der Waals surface area contributed by atoms with Crippen LogP contribution in [0, 0.1) is 0 Å². The Kier molecular flexibility index (Phi) is 5.57. The summed E-state index contributed by atoms with van der Waals surface area (Å²) in [5.74, 6) is 7.70. The normalized spacial score (nSPS) is 15.2. The molecule has 0 bridgehead atoms. The van der Waals surface area contributed by atoms with Gasteiger partial charge in [0.1, 0.15) is 11.6 Å². The summed E-state index contributed by atoms with van der Waals surface area (Å²) in [4.78, 5) is 26.6. The van der Waals surface area contributed by atoms with E-state index in [1.54, 1.807) is 0 Å². The topological polar surface area (TPSA) is 80.3 Å². The number of hydrogen-bond acceptors (Lipinski definition) is 7. The minimum Gasteiger partial charge on any atom is -0.354 e. The van der Waals surface area contributed by atoms with Gasteiger partial charge in [-0.15, -0.1) is 11.3 Å². The molecule has 8 heteroatoms. The zero-order chi connectivity index (χ0) is 21.2. The smallest absolute Gasteiger partial charge is 0.280 e. The summed E-state index contributed by atoms with van der Waals surface area (Å²) in [6, 6.07) is 12.5. The van der Waals surface area contributed by atoms with Crippen molar-refractivity contribution >= 4 is 39.0 Å². The van der Waals surface area contributed by atoms with Crippen LogP contribution in [0.4, 0.5) is 5.82 Å². The SMILES string of the molecule is Nn1c(CCCCN2CCN(c3ccc4ccccc4n3)CC2)nc2cscc2c1=O.